The number of hydrogen-bond donors (Lipinski definition) is 2. The largest absolute Gasteiger partial charge is 0.480 e. The first kappa shape index (κ1) is 14.0. The van der Waals surface area contributed by atoms with Crippen molar-refractivity contribution in [1.29, 1.82) is 0 Å². The molecule has 1 aliphatic rings. The summed E-state index contributed by atoms with van der Waals surface area (Å²) in [6.07, 6.45) is -1.03. The number of aliphatic carboxylic acids is 1. The summed E-state index contributed by atoms with van der Waals surface area (Å²) in [7, 11) is -3.90. The van der Waals surface area contributed by atoms with Gasteiger partial charge in [0.1, 0.15) is 6.04 Å². The number of carboxylic acids is 1. The van der Waals surface area contributed by atoms with E-state index in [1.54, 1.807) is 19.1 Å². The quantitative estimate of drug-likeness (QED) is 0.827. The van der Waals surface area contributed by atoms with E-state index in [2.05, 4.69) is 0 Å². The zero-order chi connectivity index (χ0) is 14.2. The molecule has 1 fully saturated rings. The van der Waals surface area contributed by atoms with Gasteiger partial charge in [-0.25, -0.2) is 8.42 Å². The molecule has 1 aromatic carbocycles. The number of carboxylic acid groups (broad SMARTS) is 1. The molecule has 7 heteroatoms. The Hall–Kier alpha value is -1.44. The predicted molar refractivity (Wildman–Crippen MR) is 67.1 cm³/mol. The number of β-amino-alcohol motifs (C(OH)–C–C–N with tert-alkyl or cyclic N) is 1. The molecule has 1 aromatic rings. The summed E-state index contributed by atoms with van der Waals surface area (Å²) >= 11 is 0. The van der Waals surface area contributed by atoms with Crippen LogP contribution in [0, 0.1) is 6.92 Å². The normalized spacial score (nSPS) is 24.5. The Morgan fingerprint density at radius 2 is 2.11 bits per heavy atom. The van der Waals surface area contributed by atoms with Crippen LogP contribution in [0.15, 0.2) is 29.2 Å². The molecule has 2 N–H and O–H groups in total. The van der Waals surface area contributed by atoms with Gasteiger partial charge in [0, 0.05) is 13.0 Å². The average Bonchev–Trinajstić information content (AvgIpc) is 2.72. The van der Waals surface area contributed by atoms with Crippen LogP contribution >= 0.6 is 0 Å². The molecule has 6 nitrogen and oxygen atoms in total. The lowest BCUT2D eigenvalue weighted by Gasteiger charge is -2.20. The summed E-state index contributed by atoms with van der Waals surface area (Å²) in [6, 6.07) is 5.06. The molecule has 2 rings (SSSR count). The van der Waals surface area contributed by atoms with E-state index in [0.717, 1.165) is 9.87 Å². The highest BCUT2D eigenvalue weighted by Crippen LogP contribution is 2.26. The topological polar surface area (TPSA) is 94.9 Å². The standard InChI is InChI=1S/C12H15NO5S/c1-8-3-2-4-10(5-8)19(17,18)13-7-9(14)6-11(13)12(15)16/h2-5,9,11,14H,6-7H2,1H3,(H,15,16). The van der Waals surface area contributed by atoms with Gasteiger partial charge in [-0.2, -0.15) is 4.31 Å². The molecule has 104 valence electrons. The summed E-state index contributed by atoms with van der Waals surface area (Å²) in [5.74, 6) is -1.24. The Bertz CT molecular complexity index is 598. The molecule has 0 radical (unpaired) electrons. The van der Waals surface area contributed by atoms with Gasteiger partial charge in [0.05, 0.1) is 11.0 Å². The SMILES string of the molecule is Cc1cccc(S(=O)(=O)N2CC(O)CC2C(=O)O)c1. The summed E-state index contributed by atoms with van der Waals surface area (Å²) < 4.78 is 25.7. The third kappa shape index (κ3) is 2.63. The van der Waals surface area contributed by atoms with Crippen molar-refractivity contribution in [3.05, 3.63) is 29.8 Å². The van der Waals surface area contributed by atoms with E-state index in [1.807, 2.05) is 0 Å². The summed E-state index contributed by atoms with van der Waals surface area (Å²) in [5.41, 5.74) is 0.771. The average molecular weight is 285 g/mol. The Labute approximate surface area is 111 Å². The monoisotopic (exact) mass is 285 g/mol. The van der Waals surface area contributed by atoms with Crippen LogP contribution in [0.1, 0.15) is 12.0 Å². The summed E-state index contributed by atoms with van der Waals surface area (Å²) in [5, 5.41) is 18.6. The zero-order valence-electron chi connectivity index (χ0n) is 10.4. The van der Waals surface area contributed by atoms with Gasteiger partial charge in [0.2, 0.25) is 10.0 Å². The molecule has 0 saturated carbocycles. The number of benzene rings is 1. The molecule has 1 heterocycles. The van der Waals surface area contributed by atoms with Crippen LogP contribution in [0.4, 0.5) is 0 Å². The maximum Gasteiger partial charge on any atom is 0.322 e. The number of sulfonamides is 1. The van der Waals surface area contributed by atoms with Crippen molar-refractivity contribution in [3.8, 4) is 0 Å². The highest BCUT2D eigenvalue weighted by Gasteiger charge is 2.43. The van der Waals surface area contributed by atoms with E-state index in [0.29, 0.717) is 0 Å². The van der Waals surface area contributed by atoms with Crippen molar-refractivity contribution in [3.63, 3.8) is 0 Å². The van der Waals surface area contributed by atoms with Crippen LogP contribution in [0.5, 0.6) is 0 Å². The minimum Gasteiger partial charge on any atom is -0.480 e. The van der Waals surface area contributed by atoms with Gasteiger partial charge in [0.15, 0.2) is 0 Å². The predicted octanol–water partition coefficient (Wildman–Crippen LogP) is 0.204. The highest BCUT2D eigenvalue weighted by molar-refractivity contribution is 7.89. The van der Waals surface area contributed by atoms with Crippen LogP contribution in [-0.4, -0.2) is 47.6 Å². The van der Waals surface area contributed by atoms with Gasteiger partial charge in [-0.3, -0.25) is 4.79 Å². The van der Waals surface area contributed by atoms with Crippen LogP contribution in [-0.2, 0) is 14.8 Å². The van der Waals surface area contributed by atoms with Crippen molar-refractivity contribution >= 4 is 16.0 Å². The molecule has 0 amide bonds. The molecule has 0 spiro atoms. The molecule has 19 heavy (non-hydrogen) atoms. The first-order chi connectivity index (χ1) is 8.82. The fourth-order valence-electron chi connectivity index (χ4n) is 2.19. The van der Waals surface area contributed by atoms with Crippen molar-refractivity contribution < 1.29 is 23.4 Å². The number of aliphatic hydroxyl groups excluding tert-OH is 1. The molecule has 2 unspecified atom stereocenters. The molecular weight excluding hydrogens is 270 g/mol. The van der Waals surface area contributed by atoms with Gasteiger partial charge in [-0.1, -0.05) is 12.1 Å². The number of carbonyl (C=O) groups is 1. The maximum atomic E-state index is 12.4. The summed E-state index contributed by atoms with van der Waals surface area (Å²) in [4.78, 5) is 11.1. The first-order valence-corrected chi connectivity index (χ1v) is 7.26. The minimum absolute atomic E-state index is 0.0489. The Morgan fingerprint density at radius 3 is 2.68 bits per heavy atom. The van der Waals surface area contributed by atoms with E-state index in [-0.39, 0.29) is 17.9 Å². The van der Waals surface area contributed by atoms with Gasteiger partial charge in [-0.05, 0) is 24.6 Å². The van der Waals surface area contributed by atoms with E-state index >= 15 is 0 Å². The van der Waals surface area contributed by atoms with E-state index in [4.69, 9.17) is 5.11 Å². The fraction of sp³-hybridized carbons (Fsp3) is 0.417. The van der Waals surface area contributed by atoms with Crippen molar-refractivity contribution in [2.24, 2.45) is 0 Å². The summed E-state index contributed by atoms with van der Waals surface area (Å²) in [6.45, 7) is 1.57. The van der Waals surface area contributed by atoms with E-state index < -0.39 is 28.1 Å². The third-order valence-electron chi connectivity index (χ3n) is 3.11. The van der Waals surface area contributed by atoms with Crippen molar-refractivity contribution in [1.82, 2.24) is 4.31 Å². The fourth-order valence-corrected chi connectivity index (χ4v) is 3.92. The van der Waals surface area contributed by atoms with Crippen LogP contribution in [0.2, 0.25) is 0 Å². The van der Waals surface area contributed by atoms with E-state index in [1.165, 1.54) is 12.1 Å². The molecule has 0 aromatic heterocycles. The second-order valence-electron chi connectivity index (χ2n) is 4.63. The lowest BCUT2D eigenvalue weighted by molar-refractivity contribution is -0.140. The van der Waals surface area contributed by atoms with Gasteiger partial charge >= 0.3 is 5.97 Å². The maximum absolute atomic E-state index is 12.4. The van der Waals surface area contributed by atoms with Gasteiger partial charge < -0.3 is 10.2 Å². The number of rotatable bonds is 3. The molecule has 0 aliphatic carbocycles. The number of aryl methyl sites for hydroxylation is 1. The number of hydrogen-bond acceptors (Lipinski definition) is 4. The van der Waals surface area contributed by atoms with Crippen LogP contribution in [0.25, 0.3) is 0 Å². The van der Waals surface area contributed by atoms with Crippen molar-refractivity contribution in [2.45, 2.75) is 30.4 Å². The van der Waals surface area contributed by atoms with E-state index in [9.17, 15) is 18.3 Å². The Morgan fingerprint density at radius 1 is 1.42 bits per heavy atom. The lowest BCUT2D eigenvalue weighted by Crippen LogP contribution is -2.40. The first-order valence-electron chi connectivity index (χ1n) is 5.82. The molecule has 2 atom stereocenters. The van der Waals surface area contributed by atoms with Crippen LogP contribution in [0.3, 0.4) is 0 Å². The number of nitrogens with zero attached hydrogens (tertiary/aromatic N) is 1. The molecule has 1 aliphatic heterocycles. The zero-order valence-corrected chi connectivity index (χ0v) is 11.2. The Kier molecular flexibility index (Phi) is 3.62. The van der Waals surface area contributed by atoms with Crippen LogP contribution < -0.4 is 0 Å². The third-order valence-corrected chi connectivity index (χ3v) is 4.99. The van der Waals surface area contributed by atoms with Gasteiger partial charge in [0.25, 0.3) is 0 Å². The Balaban J connectivity index is 2.41. The second kappa shape index (κ2) is 4.92. The molecular formula is C12H15NO5S. The van der Waals surface area contributed by atoms with Crippen molar-refractivity contribution in [2.75, 3.05) is 6.54 Å². The smallest absolute Gasteiger partial charge is 0.322 e. The lowest BCUT2D eigenvalue weighted by atomic mass is 10.2. The molecule has 1 saturated heterocycles. The second-order valence-corrected chi connectivity index (χ2v) is 6.53. The molecule has 0 bridgehead atoms. The highest BCUT2D eigenvalue weighted by atomic mass is 32.2. The minimum atomic E-state index is -3.90. The number of aliphatic hydroxyl groups is 1. The van der Waals surface area contributed by atoms with Gasteiger partial charge in [-0.15, -0.1) is 0 Å².